The van der Waals surface area contributed by atoms with Crippen molar-refractivity contribution in [3.63, 3.8) is 0 Å². The molecule has 0 saturated heterocycles. The molecule has 3 aromatic rings. The fraction of sp³-hybridized carbons (Fsp3) is 0.375. The van der Waals surface area contributed by atoms with Gasteiger partial charge < -0.3 is 29.0 Å². The van der Waals surface area contributed by atoms with E-state index < -0.39 is 18.0 Å². The molecule has 4 rings (SSSR count). The van der Waals surface area contributed by atoms with Crippen molar-refractivity contribution in [1.29, 1.82) is 0 Å². The average molecular weight is 624 g/mol. The average Bonchev–Trinajstić information content (AvgIpc) is 3.37. The first kappa shape index (κ1) is 32.3. The number of amides is 2. The molecular weight excluding hydrogens is 586 g/mol. The van der Waals surface area contributed by atoms with Gasteiger partial charge in [-0.2, -0.15) is 5.10 Å². The van der Waals surface area contributed by atoms with Gasteiger partial charge in [0.1, 0.15) is 10.8 Å². The molecule has 2 unspecified atom stereocenters. The SMILES string of the molecule is CCOC(=O)c1c(NC(=O)c2ccc(OC(C)C(=O)NN=Cc3cc(OC)c(OC)c(OC)c3)cc2)sc2c1CCC(C)C2. The van der Waals surface area contributed by atoms with E-state index in [1.807, 2.05) is 0 Å². The number of carbonyl (C=O) groups is 3. The van der Waals surface area contributed by atoms with Crippen LogP contribution in [0.2, 0.25) is 0 Å². The van der Waals surface area contributed by atoms with Crippen LogP contribution < -0.4 is 29.7 Å². The second kappa shape index (κ2) is 14.7. The van der Waals surface area contributed by atoms with Gasteiger partial charge in [-0.25, -0.2) is 10.2 Å². The van der Waals surface area contributed by atoms with Crippen LogP contribution in [-0.2, 0) is 22.4 Å². The van der Waals surface area contributed by atoms with E-state index in [0.29, 0.717) is 50.6 Å². The molecule has 0 bridgehead atoms. The Kier molecular flexibility index (Phi) is 10.8. The lowest BCUT2D eigenvalue weighted by Crippen LogP contribution is -2.33. The highest BCUT2D eigenvalue weighted by Crippen LogP contribution is 2.40. The highest BCUT2D eigenvalue weighted by atomic mass is 32.1. The summed E-state index contributed by atoms with van der Waals surface area (Å²) in [5.74, 6) is 1.02. The number of carbonyl (C=O) groups excluding carboxylic acids is 3. The summed E-state index contributed by atoms with van der Waals surface area (Å²) in [7, 11) is 4.53. The molecule has 2 atom stereocenters. The molecule has 2 amide bonds. The van der Waals surface area contributed by atoms with Gasteiger partial charge in [-0.05, 0) is 81.0 Å². The van der Waals surface area contributed by atoms with Crippen molar-refractivity contribution in [3.05, 3.63) is 63.5 Å². The number of esters is 1. The number of rotatable bonds is 12. The minimum absolute atomic E-state index is 0.255. The molecule has 1 aromatic heterocycles. The Morgan fingerprint density at radius 1 is 1.07 bits per heavy atom. The molecule has 44 heavy (non-hydrogen) atoms. The zero-order chi connectivity index (χ0) is 31.8. The smallest absolute Gasteiger partial charge is 0.341 e. The van der Waals surface area contributed by atoms with Gasteiger partial charge >= 0.3 is 5.97 Å². The van der Waals surface area contributed by atoms with E-state index in [1.54, 1.807) is 50.2 Å². The molecule has 0 saturated carbocycles. The fourth-order valence-corrected chi connectivity index (χ4v) is 6.21. The van der Waals surface area contributed by atoms with E-state index in [1.165, 1.54) is 38.9 Å². The van der Waals surface area contributed by atoms with Crippen LogP contribution >= 0.6 is 11.3 Å². The number of nitrogens with zero attached hydrogens (tertiary/aromatic N) is 1. The Labute approximate surface area is 260 Å². The lowest BCUT2D eigenvalue weighted by Gasteiger charge is -2.18. The number of nitrogens with one attached hydrogen (secondary N) is 2. The van der Waals surface area contributed by atoms with Crippen molar-refractivity contribution < 1.29 is 38.1 Å². The standard InChI is InChI=1S/C32H37N3O8S/c1-7-42-32(38)27-23-13-8-18(2)14-26(23)44-31(27)34-30(37)21-9-11-22(12-10-21)43-19(3)29(36)35-33-17-20-15-24(39-4)28(41-6)25(16-20)40-5/h9-12,15-19H,7-8,13-14H2,1-6H3,(H,34,37)(H,35,36). The topological polar surface area (TPSA) is 134 Å². The van der Waals surface area contributed by atoms with Crippen LogP contribution in [0.4, 0.5) is 5.00 Å². The van der Waals surface area contributed by atoms with Crippen molar-refractivity contribution in [1.82, 2.24) is 5.43 Å². The minimum atomic E-state index is -0.876. The maximum atomic E-state index is 13.1. The number of hydrogen-bond acceptors (Lipinski definition) is 10. The summed E-state index contributed by atoms with van der Waals surface area (Å²) in [4.78, 5) is 39.6. The molecule has 2 aromatic carbocycles. The monoisotopic (exact) mass is 623 g/mol. The second-order valence-corrected chi connectivity index (χ2v) is 11.3. The third-order valence-corrected chi connectivity index (χ3v) is 8.26. The van der Waals surface area contributed by atoms with Gasteiger partial charge in [0, 0.05) is 16.0 Å². The number of hydrazone groups is 1. The Bertz CT molecular complexity index is 1510. The van der Waals surface area contributed by atoms with E-state index in [2.05, 4.69) is 22.8 Å². The first-order valence-corrected chi connectivity index (χ1v) is 15.0. The van der Waals surface area contributed by atoms with E-state index in [4.69, 9.17) is 23.7 Å². The van der Waals surface area contributed by atoms with Crippen molar-refractivity contribution in [2.24, 2.45) is 11.0 Å². The second-order valence-electron chi connectivity index (χ2n) is 10.2. The highest BCUT2D eigenvalue weighted by Gasteiger charge is 2.29. The summed E-state index contributed by atoms with van der Waals surface area (Å²) in [5, 5.41) is 7.42. The maximum Gasteiger partial charge on any atom is 0.341 e. The van der Waals surface area contributed by atoms with E-state index in [9.17, 15) is 14.4 Å². The van der Waals surface area contributed by atoms with Crippen molar-refractivity contribution in [3.8, 4) is 23.0 Å². The van der Waals surface area contributed by atoms with Crippen LogP contribution in [0, 0.1) is 5.92 Å². The number of fused-ring (bicyclic) bond motifs is 1. The lowest BCUT2D eigenvalue weighted by molar-refractivity contribution is -0.127. The summed E-state index contributed by atoms with van der Waals surface area (Å²) in [5.41, 5.74) is 4.88. The van der Waals surface area contributed by atoms with Crippen molar-refractivity contribution in [2.45, 2.75) is 46.1 Å². The third-order valence-electron chi connectivity index (χ3n) is 7.09. The Hall–Kier alpha value is -4.58. The molecule has 0 spiro atoms. The quantitative estimate of drug-likeness (QED) is 0.159. The minimum Gasteiger partial charge on any atom is -0.493 e. The largest absolute Gasteiger partial charge is 0.493 e. The molecule has 234 valence electrons. The molecular formula is C32H37N3O8S. The van der Waals surface area contributed by atoms with E-state index in [-0.39, 0.29) is 12.5 Å². The lowest BCUT2D eigenvalue weighted by atomic mass is 9.88. The van der Waals surface area contributed by atoms with Gasteiger partial charge in [0.2, 0.25) is 5.75 Å². The number of ether oxygens (including phenoxy) is 5. The number of benzene rings is 2. The molecule has 1 heterocycles. The van der Waals surface area contributed by atoms with Crippen LogP contribution in [0.15, 0.2) is 41.5 Å². The van der Waals surface area contributed by atoms with Gasteiger partial charge in [-0.15, -0.1) is 11.3 Å². The Morgan fingerprint density at radius 2 is 1.75 bits per heavy atom. The molecule has 1 aliphatic rings. The Balaban J connectivity index is 1.37. The first-order valence-electron chi connectivity index (χ1n) is 14.2. The summed E-state index contributed by atoms with van der Waals surface area (Å²) < 4.78 is 27.0. The molecule has 11 nitrogen and oxygen atoms in total. The van der Waals surface area contributed by atoms with Crippen molar-refractivity contribution in [2.75, 3.05) is 33.3 Å². The van der Waals surface area contributed by atoms with Crippen LogP contribution in [0.3, 0.4) is 0 Å². The normalized spacial score (nSPS) is 14.7. The highest BCUT2D eigenvalue weighted by molar-refractivity contribution is 7.17. The zero-order valence-electron chi connectivity index (χ0n) is 25.6. The van der Waals surface area contributed by atoms with Crippen LogP contribution in [0.25, 0.3) is 0 Å². The summed E-state index contributed by atoms with van der Waals surface area (Å²) >= 11 is 1.44. The first-order chi connectivity index (χ1) is 21.2. The maximum absolute atomic E-state index is 13.1. The summed E-state index contributed by atoms with van der Waals surface area (Å²) in [6.45, 7) is 5.78. The van der Waals surface area contributed by atoms with Gasteiger partial charge in [0.15, 0.2) is 17.6 Å². The van der Waals surface area contributed by atoms with Crippen LogP contribution in [-0.4, -0.2) is 58.0 Å². The van der Waals surface area contributed by atoms with Crippen LogP contribution in [0.1, 0.15) is 63.9 Å². The number of hydrogen-bond donors (Lipinski definition) is 2. The van der Waals surface area contributed by atoms with Crippen LogP contribution in [0.5, 0.6) is 23.0 Å². The molecule has 12 heteroatoms. The van der Waals surface area contributed by atoms with Gasteiger partial charge in [-0.1, -0.05) is 6.92 Å². The van der Waals surface area contributed by atoms with Crippen molar-refractivity contribution >= 4 is 40.3 Å². The van der Waals surface area contributed by atoms with E-state index in [0.717, 1.165) is 29.7 Å². The van der Waals surface area contributed by atoms with E-state index >= 15 is 0 Å². The molecule has 2 N–H and O–H groups in total. The van der Waals surface area contributed by atoms with Gasteiger partial charge in [0.05, 0.1) is 39.7 Å². The predicted octanol–water partition coefficient (Wildman–Crippen LogP) is 5.25. The summed E-state index contributed by atoms with van der Waals surface area (Å²) in [6, 6.07) is 9.78. The van der Waals surface area contributed by atoms with Gasteiger partial charge in [-0.3, -0.25) is 9.59 Å². The zero-order valence-corrected chi connectivity index (χ0v) is 26.5. The molecule has 0 fully saturated rings. The number of anilines is 1. The van der Waals surface area contributed by atoms with Gasteiger partial charge in [0.25, 0.3) is 11.8 Å². The number of methoxy groups -OCH3 is 3. The Morgan fingerprint density at radius 3 is 2.36 bits per heavy atom. The molecule has 0 radical (unpaired) electrons. The molecule has 1 aliphatic carbocycles. The third kappa shape index (κ3) is 7.49. The fourth-order valence-electron chi connectivity index (χ4n) is 4.81. The number of thiophene rings is 1. The molecule has 0 aliphatic heterocycles. The predicted molar refractivity (Wildman–Crippen MR) is 168 cm³/mol. The summed E-state index contributed by atoms with van der Waals surface area (Å²) in [6.07, 6.45) is 3.21.